The van der Waals surface area contributed by atoms with E-state index in [0.29, 0.717) is 0 Å². The van der Waals surface area contributed by atoms with Crippen LogP contribution in [-0.2, 0) is 13.1 Å². The second-order valence-electron chi connectivity index (χ2n) is 3.40. The molecule has 0 fully saturated rings. The van der Waals surface area contributed by atoms with Crippen molar-refractivity contribution in [3.05, 3.63) is 45.9 Å². The molecule has 2 heterocycles. The number of nitrogens with one attached hydrogen (secondary N) is 2. The van der Waals surface area contributed by atoms with Crippen LogP contribution in [-0.4, -0.2) is 4.98 Å². The highest BCUT2D eigenvalue weighted by Crippen LogP contribution is 2.13. The van der Waals surface area contributed by atoms with Gasteiger partial charge in [0.25, 0.3) is 0 Å². The molecule has 0 aliphatic rings. The minimum Gasteiger partial charge on any atom is -0.367 e. The summed E-state index contributed by atoms with van der Waals surface area (Å²) in [5.41, 5.74) is 4.10. The summed E-state index contributed by atoms with van der Waals surface area (Å²) >= 11 is 1.77. The van der Waals surface area contributed by atoms with Gasteiger partial charge in [-0.3, -0.25) is 0 Å². The van der Waals surface area contributed by atoms with Crippen molar-refractivity contribution in [2.75, 3.05) is 0 Å². The molecule has 2 rings (SSSR count). The van der Waals surface area contributed by atoms with E-state index in [0.717, 1.165) is 13.1 Å². The third kappa shape index (κ3) is 2.25. The smallest absolute Gasteiger partial charge is 0.0223 e. The minimum absolute atomic E-state index is 0.929. The highest BCUT2D eigenvalue weighted by atomic mass is 32.1. The van der Waals surface area contributed by atoms with Crippen molar-refractivity contribution in [3.63, 3.8) is 0 Å². The number of aromatic amines is 1. The maximum Gasteiger partial charge on any atom is 0.0223 e. The van der Waals surface area contributed by atoms with Gasteiger partial charge in [0.1, 0.15) is 0 Å². The number of aryl methyl sites for hydroxylation is 1. The molecule has 0 radical (unpaired) electrons. The normalized spacial score (nSPS) is 10.6. The molecule has 0 aromatic carbocycles. The molecule has 2 aromatic rings. The van der Waals surface area contributed by atoms with E-state index >= 15 is 0 Å². The average molecular weight is 206 g/mol. The van der Waals surface area contributed by atoms with Crippen molar-refractivity contribution < 1.29 is 0 Å². The van der Waals surface area contributed by atoms with E-state index in [1.807, 2.05) is 12.4 Å². The molecule has 3 heteroatoms. The van der Waals surface area contributed by atoms with Crippen LogP contribution >= 0.6 is 11.3 Å². The Hall–Kier alpha value is -1.06. The van der Waals surface area contributed by atoms with E-state index in [1.165, 1.54) is 16.7 Å². The summed E-state index contributed by atoms with van der Waals surface area (Å²) in [6.45, 7) is 4.04. The van der Waals surface area contributed by atoms with Crippen LogP contribution < -0.4 is 5.32 Å². The quantitative estimate of drug-likeness (QED) is 0.791. The SMILES string of the molecule is Cc1cscc1CNCc1cc[nH]c1. The Kier molecular flexibility index (Phi) is 3.01. The molecular formula is C11H14N2S. The van der Waals surface area contributed by atoms with Crippen LogP contribution in [0.4, 0.5) is 0 Å². The van der Waals surface area contributed by atoms with Gasteiger partial charge < -0.3 is 10.3 Å². The maximum atomic E-state index is 3.42. The summed E-state index contributed by atoms with van der Waals surface area (Å²) in [5.74, 6) is 0. The Bertz CT molecular complexity index is 376. The van der Waals surface area contributed by atoms with Gasteiger partial charge in [-0.05, 0) is 40.4 Å². The summed E-state index contributed by atoms with van der Waals surface area (Å²) in [4.78, 5) is 3.05. The fourth-order valence-corrected chi connectivity index (χ4v) is 2.23. The van der Waals surface area contributed by atoms with E-state index < -0.39 is 0 Å². The second-order valence-corrected chi connectivity index (χ2v) is 4.15. The van der Waals surface area contributed by atoms with E-state index in [2.05, 4.69) is 34.1 Å². The van der Waals surface area contributed by atoms with Gasteiger partial charge in [-0.15, -0.1) is 0 Å². The first-order chi connectivity index (χ1) is 6.86. The molecular weight excluding hydrogens is 192 g/mol. The van der Waals surface area contributed by atoms with E-state index in [9.17, 15) is 0 Å². The topological polar surface area (TPSA) is 27.8 Å². The number of thiophene rings is 1. The number of rotatable bonds is 4. The summed E-state index contributed by atoms with van der Waals surface area (Å²) in [6.07, 6.45) is 3.97. The molecule has 0 aliphatic heterocycles. The Morgan fingerprint density at radius 1 is 1.36 bits per heavy atom. The summed E-state index contributed by atoms with van der Waals surface area (Å²) in [7, 11) is 0. The first-order valence-corrected chi connectivity index (χ1v) is 5.64. The molecule has 0 atom stereocenters. The van der Waals surface area contributed by atoms with E-state index in [-0.39, 0.29) is 0 Å². The van der Waals surface area contributed by atoms with Crippen LogP contribution in [0.15, 0.2) is 29.2 Å². The standard InChI is InChI=1S/C11H14N2S/c1-9-7-14-8-11(9)6-13-5-10-2-3-12-4-10/h2-4,7-8,12-13H,5-6H2,1H3. The zero-order chi connectivity index (χ0) is 9.80. The van der Waals surface area contributed by atoms with Crippen molar-refractivity contribution in [1.29, 1.82) is 0 Å². The molecule has 0 aliphatic carbocycles. The van der Waals surface area contributed by atoms with E-state index in [4.69, 9.17) is 0 Å². The van der Waals surface area contributed by atoms with Gasteiger partial charge in [-0.2, -0.15) is 11.3 Å². The molecule has 0 spiro atoms. The highest BCUT2D eigenvalue weighted by Gasteiger charge is 1.98. The van der Waals surface area contributed by atoms with Crippen molar-refractivity contribution in [3.8, 4) is 0 Å². The Balaban J connectivity index is 1.81. The monoisotopic (exact) mass is 206 g/mol. The first kappa shape index (κ1) is 9.49. The largest absolute Gasteiger partial charge is 0.367 e. The van der Waals surface area contributed by atoms with Crippen molar-refractivity contribution in [2.45, 2.75) is 20.0 Å². The lowest BCUT2D eigenvalue weighted by molar-refractivity contribution is 0.693. The zero-order valence-electron chi connectivity index (χ0n) is 8.21. The molecule has 2 aromatic heterocycles. The number of H-pyrrole nitrogens is 1. The highest BCUT2D eigenvalue weighted by molar-refractivity contribution is 7.08. The molecule has 74 valence electrons. The molecule has 2 nitrogen and oxygen atoms in total. The van der Waals surface area contributed by atoms with Gasteiger partial charge in [0.2, 0.25) is 0 Å². The van der Waals surface area contributed by atoms with Crippen LogP contribution in [0.2, 0.25) is 0 Å². The number of aromatic nitrogens is 1. The third-order valence-corrected chi connectivity index (χ3v) is 3.18. The Labute approximate surface area is 88.0 Å². The lowest BCUT2D eigenvalue weighted by Crippen LogP contribution is -2.12. The van der Waals surface area contributed by atoms with Crippen LogP contribution in [0.3, 0.4) is 0 Å². The molecule has 0 saturated heterocycles. The van der Waals surface area contributed by atoms with Gasteiger partial charge in [0, 0.05) is 25.5 Å². The number of hydrogen-bond donors (Lipinski definition) is 2. The second kappa shape index (κ2) is 4.44. The van der Waals surface area contributed by atoms with E-state index in [1.54, 1.807) is 11.3 Å². The molecule has 2 N–H and O–H groups in total. The first-order valence-electron chi connectivity index (χ1n) is 4.70. The summed E-state index contributed by atoms with van der Waals surface area (Å²) in [5, 5.41) is 7.81. The lowest BCUT2D eigenvalue weighted by atomic mass is 10.2. The predicted octanol–water partition coefficient (Wildman–Crippen LogP) is 2.67. The van der Waals surface area contributed by atoms with Gasteiger partial charge in [0.15, 0.2) is 0 Å². The zero-order valence-corrected chi connectivity index (χ0v) is 9.03. The molecule has 0 amide bonds. The fourth-order valence-electron chi connectivity index (χ4n) is 1.38. The van der Waals surface area contributed by atoms with Crippen LogP contribution in [0.25, 0.3) is 0 Å². The van der Waals surface area contributed by atoms with Crippen LogP contribution in [0.5, 0.6) is 0 Å². The molecule has 0 saturated carbocycles. The van der Waals surface area contributed by atoms with Gasteiger partial charge >= 0.3 is 0 Å². The lowest BCUT2D eigenvalue weighted by Gasteiger charge is -2.02. The van der Waals surface area contributed by atoms with Gasteiger partial charge in [0.05, 0.1) is 0 Å². The molecule has 14 heavy (non-hydrogen) atoms. The number of hydrogen-bond acceptors (Lipinski definition) is 2. The van der Waals surface area contributed by atoms with Gasteiger partial charge in [-0.1, -0.05) is 0 Å². The Morgan fingerprint density at radius 3 is 2.93 bits per heavy atom. The van der Waals surface area contributed by atoms with Crippen LogP contribution in [0.1, 0.15) is 16.7 Å². The maximum absolute atomic E-state index is 3.42. The third-order valence-electron chi connectivity index (χ3n) is 2.27. The van der Waals surface area contributed by atoms with Crippen LogP contribution in [0, 0.1) is 6.92 Å². The summed E-state index contributed by atoms with van der Waals surface area (Å²) in [6, 6.07) is 2.09. The van der Waals surface area contributed by atoms with Gasteiger partial charge in [-0.25, -0.2) is 0 Å². The Morgan fingerprint density at radius 2 is 2.29 bits per heavy atom. The van der Waals surface area contributed by atoms with Crippen molar-refractivity contribution in [1.82, 2.24) is 10.3 Å². The molecule has 0 unspecified atom stereocenters. The predicted molar refractivity (Wildman–Crippen MR) is 60.4 cm³/mol. The minimum atomic E-state index is 0.929. The van der Waals surface area contributed by atoms with Crippen molar-refractivity contribution >= 4 is 11.3 Å². The average Bonchev–Trinajstić information content (AvgIpc) is 2.78. The fraction of sp³-hybridized carbons (Fsp3) is 0.273. The van der Waals surface area contributed by atoms with Crippen molar-refractivity contribution in [2.24, 2.45) is 0 Å². The summed E-state index contributed by atoms with van der Waals surface area (Å²) < 4.78 is 0. The molecule has 0 bridgehead atoms.